The van der Waals surface area contributed by atoms with E-state index in [0.717, 1.165) is 21.8 Å². The third-order valence-electron chi connectivity index (χ3n) is 3.85. The number of aliphatic hydroxyl groups is 1. The maximum Gasteiger partial charge on any atom is 0.317 e. The van der Waals surface area contributed by atoms with E-state index >= 15 is 0 Å². The molecule has 5 nitrogen and oxygen atoms in total. The van der Waals surface area contributed by atoms with Crippen LogP contribution in [0.3, 0.4) is 0 Å². The summed E-state index contributed by atoms with van der Waals surface area (Å²) in [6, 6.07) is 7.57. The molecule has 1 unspecified atom stereocenters. The number of amides is 2. The summed E-state index contributed by atoms with van der Waals surface area (Å²) < 4.78 is 0. The Labute approximate surface area is 147 Å². The monoisotopic (exact) mass is 347 g/mol. The van der Waals surface area contributed by atoms with Crippen molar-refractivity contribution in [2.75, 3.05) is 19.6 Å². The number of thiazole rings is 1. The maximum atomic E-state index is 12.3. The number of urea groups is 1. The molecule has 0 bridgehead atoms. The van der Waals surface area contributed by atoms with E-state index in [1.165, 1.54) is 0 Å². The molecule has 1 aromatic carbocycles. The van der Waals surface area contributed by atoms with Crippen LogP contribution in [0.4, 0.5) is 4.79 Å². The smallest absolute Gasteiger partial charge is 0.317 e. The molecule has 2 N–H and O–H groups in total. The largest absolute Gasteiger partial charge is 0.387 e. The summed E-state index contributed by atoms with van der Waals surface area (Å²) in [6.07, 6.45) is 0.0335. The number of rotatable bonds is 7. The van der Waals surface area contributed by atoms with E-state index in [-0.39, 0.29) is 12.6 Å². The van der Waals surface area contributed by atoms with E-state index in [4.69, 9.17) is 0 Å². The van der Waals surface area contributed by atoms with Crippen molar-refractivity contribution in [3.8, 4) is 0 Å². The van der Waals surface area contributed by atoms with Gasteiger partial charge in [0, 0.05) is 24.9 Å². The van der Waals surface area contributed by atoms with Gasteiger partial charge in [0.05, 0.1) is 23.4 Å². The van der Waals surface area contributed by atoms with Gasteiger partial charge in [0.1, 0.15) is 0 Å². The molecule has 0 saturated heterocycles. The fourth-order valence-corrected chi connectivity index (χ4v) is 3.04. The minimum atomic E-state index is -0.683. The van der Waals surface area contributed by atoms with Crippen LogP contribution in [-0.2, 0) is 6.42 Å². The number of benzene rings is 1. The molecule has 0 aliphatic heterocycles. The molecule has 1 atom stereocenters. The Bertz CT molecular complexity index is 655. The van der Waals surface area contributed by atoms with Gasteiger partial charge in [-0.15, -0.1) is 11.3 Å². The molecule has 0 spiro atoms. The van der Waals surface area contributed by atoms with Crippen LogP contribution in [0.25, 0.3) is 0 Å². The summed E-state index contributed by atoms with van der Waals surface area (Å²) in [5.41, 5.74) is 2.97. The molecule has 0 saturated carbocycles. The predicted molar refractivity (Wildman–Crippen MR) is 97.3 cm³/mol. The summed E-state index contributed by atoms with van der Waals surface area (Å²) in [5, 5.41) is 16.3. The van der Waals surface area contributed by atoms with Crippen LogP contribution in [-0.4, -0.2) is 40.7 Å². The molecule has 0 aliphatic carbocycles. The Morgan fingerprint density at radius 2 is 2.04 bits per heavy atom. The Hall–Kier alpha value is -1.92. The van der Waals surface area contributed by atoms with E-state index in [0.29, 0.717) is 19.5 Å². The average molecular weight is 347 g/mol. The quantitative estimate of drug-likeness (QED) is 0.809. The van der Waals surface area contributed by atoms with Gasteiger partial charge in [0.15, 0.2) is 0 Å². The van der Waals surface area contributed by atoms with Gasteiger partial charge in [-0.2, -0.15) is 0 Å². The molecule has 2 aromatic rings. The Morgan fingerprint density at radius 1 is 1.33 bits per heavy atom. The van der Waals surface area contributed by atoms with Gasteiger partial charge >= 0.3 is 6.03 Å². The van der Waals surface area contributed by atoms with Gasteiger partial charge in [-0.05, 0) is 26.3 Å². The first-order valence-corrected chi connectivity index (χ1v) is 9.06. The second kappa shape index (κ2) is 8.80. The number of nitrogens with zero attached hydrogens (tertiary/aromatic N) is 2. The Balaban J connectivity index is 1.83. The van der Waals surface area contributed by atoms with Crippen molar-refractivity contribution in [3.05, 3.63) is 51.5 Å². The number of aromatic nitrogens is 1. The molecular weight excluding hydrogens is 322 g/mol. The van der Waals surface area contributed by atoms with Crippen molar-refractivity contribution in [3.63, 3.8) is 0 Å². The number of hydrogen-bond donors (Lipinski definition) is 2. The van der Waals surface area contributed by atoms with Crippen LogP contribution in [0.15, 0.2) is 29.6 Å². The van der Waals surface area contributed by atoms with E-state index in [1.54, 1.807) is 16.2 Å². The number of likely N-dealkylation sites (N-methyl/N-ethyl adjacent to an activating group) is 1. The van der Waals surface area contributed by atoms with Crippen LogP contribution in [0.1, 0.15) is 34.9 Å². The molecule has 6 heteroatoms. The number of hydrogen-bond acceptors (Lipinski definition) is 4. The zero-order valence-electron chi connectivity index (χ0n) is 14.5. The van der Waals surface area contributed by atoms with Gasteiger partial charge in [-0.25, -0.2) is 9.78 Å². The van der Waals surface area contributed by atoms with Gasteiger partial charge in [-0.1, -0.05) is 29.8 Å². The topological polar surface area (TPSA) is 65.5 Å². The lowest BCUT2D eigenvalue weighted by Crippen LogP contribution is -2.42. The van der Waals surface area contributed by atoms with Crippen LogP contribution >= 0.6 is 11.3 Å². The fourth-order valence-electron chi connectivity index (χ4n) is 2.39. The van der Waals surface area contributed by atoms with Crippen LogP contribution in [0, 0.1) is 13.8 Å². The lowest BCUT2D eigenvalue weighted by molar-refractivity contribution is 0.123. The molecule has 0 aliphatic rings. The Kier molecular flexibility index (Phi) is 6.75. The summed E-state index contributed by atoms with van der Waals surface area (Å²) in [6.45, 7) is 7.25. The van der Waals surface area contributed by atoms with Crippen LogP contribution < -0.4 is 5.32 Å². The van der Waals surface area contributed by atoms with Crippen LogP contribution in [0.2, 0.25) is 0 Å². The summed E-state index contributed by atoms with van der Waals surface area (Å²) in [5.74, 6) is 0. The molecule has 24 heavy (non-hydrogen) atoms. The molecular formula is C18H25N3O2S. The lowest BCUT2D eigenvalue weighted by Gasteiger charge is -2.24. The van der Waals surface area contributed by atoms with Gasteiger partial charge in [0.2, 0.25) is 0 Å². The number of carbonyl (C=O) groups excluding carboxylic acids is 1. The van der Waals surface area contributed by atoms with Crippen molar-refractivity contribution < 1.29 is 9.90 Å². The van der Waals surface area contributed by atoms with Gasteiger partial charge in [-0.3, -0.25) is 0 Å². The first-order chi connectivity index (χ1) is 11.5. The SMILES string of the molecule is CCN(CC(O)c1ccc(C)cc1)C(=O)NCCc1csc(C)n1. The van der Waals surface area contributed by atoms with Crippen molar-refractivity contribution >= 4 is 17.4 Å². The molecule has 2 amide bonds. The summed E-state index contributed by atoms with van der Waals surface area (Å²) in [4.78, 5) is 18.3. The standard InChI is InChI=1S/C18H25N3O2S/c1-4-21(11-17(22)15-7-5-13(2)6-8-15)18(23)19-10-9-16-12-24-14(3)20-16/h5-8,12,17,22H,4,9-11H2,1-3H3,(H,19,23). The highest BCUT2D eigenvalue weighted by molar-refractivity contribution is 7.09. The van der Waals surface area contributed by atoms with E-state index in [2.05, 4.69) is 10.3 Å². The lowest BCUT2D eigenvalue weighted by atomic mass is 10.1. The zero-order valence-corrected chi connectivity index (χ0v) is 15.3. The van der Waals surface area contributed by atoms with Crippen molar-refractivity contribution in [1.82, 2.24) is 15.2 Å². The normalized spacial score (nSPS) is 12.0. The second-order valence-corrected chi connectivity index (χ2v) is 6.87. The third-order valence-corrected chi connectivity index (χ3v) is 4.67. The minimum Gasteiger partial charge on any atom is -0.387 e. The highest BCUT2D eigenvalue weighted by Crippen LogP contribution is 2.15. The predicted octanol–water partition coefficient (Wildman–Crippen LogP) is 3.07. The molecule has 1 heterocycles. The summed E-state index contributed by atoms with van der Waals surface area (Å²) >= 11 is 1.61. The number of carbonyl (C=O) groups is 1. The number of nitrogens with one attached hydrogen (secondary N) is 1. The minimum absolute atomic E-state index is 0.157. The maximum absolute atomic E-state index is 12.3. The molecule has 0 radical (unpaired) electrons. The first-order valence-electron chi connectivity index (χ1n) is 8.18. The second-order valence-electron chi connectivity index (χ2n) is 5.80. The molecule has 1 aromatic heterocycles. The third kappa shape index (κ3) is 5.32. The van der Waals surface area contributed by atoms with Crippen molar-refractivity contribution in [2.45, 2.75) is 33.3 Å². The zero-order chi connectivity index (χ0) is 17.5. The van der Waals surface area contributed by atoms with Crippen molar-refractivity contribution in [1.29, 1.82) is 0 Å². The van der Waals surface area contributed by atoms with Crippen molar-refractivity contribution in [2.24, 2.45) is 0 Å². The Morgan fingerprint density at radius 3 is 2.62 bits per heavy atom. The molecule has 2 rings (SSSR count). The van der Waals surface area contributed by atoms with E-state index < -0.39 is 6.10 Å². The number of aryl methyl sites for hydroxylation is 2. The number of aliphatic hydroxyl groups excluding tert-OH is 1. The van der Waals surface area contributed by atoms with E-state index in [9.17, 15) is 9.90 Å². The van der Waals surface area contributed by atoms with Gasteiger partial charge < -0.3 is 15.3 Å². The molecule has 0 fully saturated rings. The highest BCUT2D eigenvalue weighted by atomic mass is 32.1. The van der Waals surface area contributed by atoms with Gasteiger partial charge in [0.25, 0.3) is 0 Å². The molecule has 130 valence electrons. The van der Waals surface area contributed by atoms with E-state index in [1.807, 2.05) is 50.4 Å². The first kappa shape index (κ1) is 18.4. The highest BCUT2D eigenvalue weighted by Gasteiger charge is 2.17. The van der Waals surface area contributed by atoms with Crippen LogP contribution in [0.5, 0.6) is 0 Å². The average Bonchev–Trinajstić information content (AvgIpc) is 2.98. The fraction of sp³-hybridized carbons (Fsp3) is 0.444. The summed E-state index contributed by atoms with van der Waals surface area (Å²) in [7, 11) is 0.